The van der Waals surface area contributed by atoms with Gasteiger partial charge < -0.3 is 0 Å². The standard InChI is InChI=1S/C3H4F2NS/c4-2(5)1-3(6)7/h2,6H,1H2. The number of alkyl halides is 2. The molecule has 0 aliphatic rings. The highest BCUT2D eigenvalue weighted by molar-refractivity contribution is 7.80. The summed E-state index contributed by atoms with van der Waals surface area (Å²) in [6, 6.07) is 0. The fourth-order valence-corrected chi connectivity index (χ4v) is 0.266. The fourth-order valence-electron chi connectivity index (χ4n) is 0.140. The number of nitrogens with one attached hydrogen (secondary N) is 1. The molecule has 0 bridgehead atoms. The van der Waals surface area contributed by atoms with Crippen LogP contribution in [0.1, 0.15) is 6.42 Å². The van der Waals surface area contributed by atoms with Crippen molar-refractivity contribution in [1.29, 1.82) is 0 Å². The van der Waals surface area contributed by atoms with Crippen molar-refractivity contribution in [1.82, 2.24) is 5.73 Å². The van der Waals surface area contributed by atoms with E-state index in [4.69, 9.17) is 5.73 Å². The smallest absolute Gasteiger partial charge is 0.244 e. The normalized spacial score (nSPS) is 9.57. The topological polar surface area (TPSA) is 23.8 Å². The maximum Gasteiger partial charge on any atom is 0.244 e. The molecule has 0 rings (SSSR count). The molecule has 0 aliphatic carbocycles. The molecule has 7 heavy (non-hydrogen) atoms. The predicted molar refractivity (Wildman–Crippen MR) is 26.3 cm³/mol. The molecule has 1 nitrogen and oxygen atoms in total. The van der Waals surface area contributed by atoms with Crippen LogP contribution in [0.2, 0.25) is 0 Å². The minimum atomic E-state index is -2.45. The van der Waals surface area contributed by atoms with Gasteiger partial charge in [0.25, 0.3) is 0 Å². The van der Waals surface area contributed by atoms with Crippen molar-refractivity contribution >= 4 is 17.2 Å². The highest BCUT2D eigenvalue weighted by atomic mass is 32.1. The van der Waals surface area contributed by atoms with E-state index in [1.165, 1.54) is 0 Å². The van der Waals surface area contributed by atoms with Crippen molar-refractivity contribution in [3.05, 3.63) is 0 Å². The van der Waals surface area contributed by atoms with Gasteiger partial charge in [-0.1, -0.05) is 12.2 Å². The zero-order valence-corrected chi connectivity index (χ0v) is 4.27. The zero-order valence-electron chi connectivity index (χ0n) is 3.45. The Bertz CT molecular complexity index is 73.3. The quantitative estimate of drug-likeness (QED) is 0.508. The van der Waals surface area contributed by atoms with Crippen LogP contribution in [0.5, 0.6) is 0 Å². The van der Waals surface area contributed by atoms with E-state index in [-0.39, 0.29) is 4.99 Å². The van der Waals surface area contributed by atoms with E-state index in [9.17, 15) is 8.78 Å². The van der Waals surface area contributed by atoms with Crippen molar-refractivity contribution in [3.63, 3.8) is 0 Å². The maximum atomic E-state index is 11.1. The summed E-state index contributed by atoms with van der Waals surface area (Å²) in [5.41, 5.74) is 6.36. The van der Waals surface area contributed by atoms with Crippen LogP contribution in [0.4, 0.5) is 8.78 Å². The first-order valence-electron chi connectivity index (χ1n) is 1.65. The van der Waals surface area contributed by atoms with Crippen molar-refractivity contribution in [3.8, 4) is 0 Å². The second-order valence-electron chi connectivity index (χ2n) is 1.02. The highest BCUT2D eigenvalue weighted by Gasteiger charge is 2.02. The van der Waals surface area contributed by atoms with E-state index in [0.29, 0.717) is 0 Å². The van der Waals surface area contributed by atoms with Crippen molar-refractivity contribution in [2.24, 2.45) is 0 Å². The third-order valence-corrected chi connectivity index (χ3v) is 0.506. The van der Waals surface area contributed by atoms with E-state index in [0.717, 1.165) is 0 Å². The lowest BCUT2D eigenvalue weighted by atomic mass is 10.5. The Kier molecular flexibility index (Phi) is 2.75. The van der Waals surface area contributed by atoms with E-state index in [1.807, 2.05) is 0 Å². The van der Waals surface area contributed by atoms with Gasteiger partial charge in [0.05, 0.1) is 11.4 Å². The molecule has 0 atom stereocenters. The largest absolute Gasteiger partial charge is 0.294 e. The molecule has 0 saturated heterocycles. The van der Waals surface area contributed by atoms with Gasteiger partial charge in [-0.15, -0.1) is 0 Å². The Balaban J connectivity index is 3.13. The number of hydrogen-bond donors (Lipinski definition) is 0. The van der Waals surface area contributed by atoms with Crippen LogP contribution in [0, 0.1) is 0 Å². The summed E-state index contributed by atoms with van der Waals surface area (Å²) in [6.07, 6.45) is -3.03. The van der Waals surface area contributed by atoms with Gasteiger partial charge in [-0.2, -0.15) is 0 Å². The second-order valence-corrected chi connectivity index (χ2v) is 1.51. The first-order chi connectivity index (χ1) is 3.13. The van der Waals surface area contributed by atoms with Crippen molar-refractivity contribution < 1.29 is 8.78 Å². The summed E-state index contributed by atoms with van der Waals surface area (Å²) in [6.45, 7) is 0. The summed E-state index contributed by atoms with van der Waals surface area (Å²) in [4.78, 5) is -0.380. The Morgan fingerprint density at radius 1 is 1.71 bits per heavy atom. The minimum Gasteiger partial charge on any atom is -0.294 e. The molecular formula is C3H4F2NS. The summed E-state index contributed by atoms with van der Waals surface area (Å²) < 4.78 is 22.2. The maximum absolute atomic E-state index is 11.1. The van der Waals surface area contributed by atoms with Gasteiger partial charge in [-0.3, -0.25) is 5.73 Å². The Hall–Kier alpha value is -0.250. The lowest BCUT2D eigenvalue weighted by Crippen LogP contribution is -2.01. The SMILES string of the molecule is [NH]C(=S)CC(F)F. The summed E-state index contributed by atoms with van der Waals surface area (Å²) in [5, 5.41) is 0. The van der Waals surface area contributed by atoms with Crippen LogP contribution < -0.4 is 5.73 Å². The summed E-state index contributed by atoms with van der Waals surface area (Å²) >= 11 is 4.06. The van der Waals surface area contributed by atoms with Crippen LogP contribution in [-0.4, -0.2) is 11.4 Å². The van der Waals surface area contributed by atoms with E-state index in [2.05, 4.69) is 12.2 Å². The van der Waals surface area contributed by atoms with E-state index < -0.39 is 12.8 Å². The fraction of sp³-hybridized carbons (Fsp3) is 0.667. The molecule has 0 aromatic carbocycles. The minimum absolute atomic E-state index is 0.380. The first-order valence-corrected chi connectivity index (χ1v) is 2.06. The third kappa shape index (κ3) is 5.75. The Labute approximate surface area is 45.5 Å². The average molecular weight is 124 g/mol. The Morgan fingerprint density at radius 2 is 2.14 bits per heavy atom. The lowest BCUT2D eigenvalue weighted by molar-refractivity contribution is 0.157. The molecule has 0 aromatic heterocycles. The Morgan fingerprint density at radius 3 is 2.14 bits per heavy atom. The molecule has 0 aliphatic heterocycles. The van der Waals surface area contributed by atoms with Crippen LogP contribution in [0.3, 0.4) is 0 Å². The van der Waals surface area contributed by atoms with Crippen LogP contribution in [0.15, 0.2) is 0 Å². The molecule has 0 fully saturated rings. The molecule has 0 amide bonds. The van der Waals surface area contributed by atoms with Crippen molar-refractivity contribution in [2.75, 3.05) is 0 Å². The molecule has 4 heteroatoms. The van der Waals surface area contributed by atoms with Crippen molar-refractivity contribution in [2.45, 2.75) is 12.8 Å². The molecule has 1 N–H and O–H groups in total. The van der Waals surface area contributed by atoms with Gasteiger partial charge in [0.2, 0.25) is 6.43 Å². The molecule has 0 heterocycles. The van der Waals surface area contributed by atoms with Crippen LogP contribution in [-0.2, 0) is 0 Å². The van der Waals surface area contributed by atoms with E-state index in [1.54, 1.807) is 0 Å². The number of rotatable bonds is 2. The molecule has 0 spiro atoms. The summed E-state index contributed by atoms with van der Waals surface area (Å²) in [7, 11) is 0. The molecule has 1 radical (unpaired) electrons. The van der Waals surface area contributed by atoms with Gasteiger partial charge in [0.1, 0.15) is 0 Å². The van der Waals surface area contributed by atoms with E-state index >= 15 is 0 Å². The van der Waals surface area contributed by atoms with Gasteiger partial charge in [0.15, 0.2) is 0 Å². The second kappa shape index (κ2) is 2.85. The molecule has 41 valence electrons. The molecular weight excluding hydrogens is 120 g/mol. The van der Waals surface area contributed by atoms with Gasteiger partial charge in [-0.05, 0) is 0 Å². The molecule has 0 aromatic rings. The number of hydrogen-bond acceptors (Lipinski definition) is 1. The predicted octanol–water partition coefficient (Wildman–Crippen LogP) is 1.25. The van der Waals surface area contributed by atoms with Crippen LogP contribution in [0.25, 0.3) is 0 Å². The number of halogens is 2. The molecule has 0 saturated carbocycles. The zero-order chi connectivity index (χ0) is 5.86. The lowest BCUT2D eigenvalue weighted by Gasteiger charge is -1.90. The van der Waals surface area contributed by atoms with Gasteiger partial charge in [0, 0.05) is 0 Å². The summed E-state index contributed by atoms with van der Waals surface area (Å²) in [5.74, 6) is 0. The van der Waals surface area contributed by atoms with Gasteiger partial charge in [-0.25, -0.2) is 8.78 Å². The number of thiocarbonyl (C=S) groups is 1. The third-order valence-electron chi connectivity index (χ3n) is 0.340. The average Bonchev–Trinajstić information content (AvgIpc) is 1.27. The first kappa shape index (κ1) is 6.75. The molecule has 0 unspecified atom stereocenters. The van der Waals surface area contributed by atoms with Crippen LogP contribution >= 0.6 is 12.2 Å². The van der Waals surface area contributed by atoms with Gasteiger partial charge >= 0.3 is 0 Å². The monoisotopic (exact) mass is 124 g/mol. The highest BCUT2D eigenvalue weighted by Crippen LogP contribution is 1.97.